The Labute approximate surface area is 221 Å². The van der Waals surface area contributed by atoms with Gasteiger partial charge in [0, 0.05) is 0 Å². The molecule has 37 heavy (non-hydrogen) atoms. The molecule has 1 rings (SSSR count). The van der Waals surface area contributed by atoms with E-state index in [-0.39, 0.29) is 19.0 Å². The van der Waals surface area contributed by atoms with Gasteiger partial charge in [0.25, 0.3) is 0 Å². The molecule has 0 aromatic heterocycles. The molecule has 0 saturated carbocycles. The van der Waals surface area contributed by atoms with E-state index in [0.29, 0.717) is 0 Å². The molecule has 0 saturated heterocycles. The smallest absolute Gasteiger partial charge is 0.437 e. The summed E-state index contributed by atoms with van der Waals surface area (Å²) < 4.78 is 16.7. The van der Waals surface area contributed by atoms with Gasteiger partial charge >= 0.3 is 18.3 Å². The molecule has 0 aliphatic rings. The van der Waals surface area contributed by atoms with Gasteiger partial charge in [-0.05, 0) is 81.7 Å². The zero-order chi connectivity index (χ0) is 28.6. The average molecular weight is 518 g/mol. The van der Waals surface area contributed by atoms with E-state index in [4.69, 9.17) is 14.2 Å². The van der Waals surface area contributed by atoms with Gasteiger partial charge in [0.1, 0.15) is 16.8 Å². The highest BCUT2D eigenvalue weighted by molar-refractivity contribution is 6.05. The van der Waals surface area contributed by atoms with Crippen LogP contribution in [0.3, 0.4) is 0 Å². The number of hydrogen-bond donors (Lipinski definition) is 0. The topological polar surface area (TPSA) is 97.7 Å². The Kier molecular flexibility index (Phi) is 10.9. The third-order valence-corrected chi connectivity index (χ3v) is 4.16. The Balaban J connectivity index is 3.79. The quantitative estimate of drug-likeness (QED) is 0.186. The SMILES string of the molecule is CC(C)=CCN(C(=O)OC(C)(C)C)/C(=N\C(=O)OC(C)(C)C)N(Cc1ccccc1)C(=O)OC(C)(C)C. The van der Waals surface area contributed by atoms with Crippen molar-refractivity contribution >= 4 is 24.2 Å². The van der Waals surface area contributed by atoms with Crippen LogP contribution in [-0.2, 0) is 20.8 Å². The van der Waals surface area contributed by atoms with Crippen molar-refractivity contribution in [2.75, 3.05) is 6.54 Å². The number of aliphatic imine (C=N–C) groups is 1. The van der Waals surface area contributed by atoms with Crippen molar-refractivity contribution in [2.24, 2.45) is 4.99 Å². The second kappa shape index (κ2) is 12.7. The summed E-state index contributed by atoms with van der Waals surface area (Å²) in [7, 11) is 0. The van der Waals surface area contributed by atoms with Gasteiger partial charge in [-0.2, -0.15) is 0 Å². The van der Waals surface area contributed by atoms with E-state index in [1.807, 2.05) is 44.2 Å². The fraction of sp³-hybridized carbons (Fsp3) is 0.571. The maximum atomic E-state index is 13.5. The highest BCUT2D eigenvalue weighted by Crippen LogP contribution is 2.19. The molecule has 9 nitrogen and oxygen atoms in total. The number of nitrogens with zero attached hydrogens (tertiary/aromatic N) is 3. The van der Waals surface area contributed by atoms with Gasteiger partial charge in [-0.25, -0.2) is 24.2 Å². The normalized spacial score (nSPS) is 12.4. The lowest BCUT2D eigenvalue weighted by atomic mass is 10.2. The van der Waals surface area contributed by atoms with Crippen molar-refractivity contribution in [3.63, 3.8) is 0 Å². The number of amides is 3. The molecule has 1 aromatic rings. The lowest BCUT2D eigenvalue weighted by Gasteiger charge is -2.33. The minimum Gasteiger partial charge on any atom is -0.443 e. The van der Waals surface area contributed by atoms with Crippen LogP contribution >= 0.6 is 0 Å². The first-order valence-corrected chi connectivity index (χ1v) is 12.3. The zero-order valence-corrected chi connectivity index (χ0v) is 24.2. The number of hydrogen-bond acceptors (Lipinski definition) is 6. The van der Waals surface area contributed by atoms with Crippen molar-refractivity contribution in [2.45, 2.75) is 99.5 Å². The fourth-order valence-electron chi connectivity index (χ4n) is 2.76. The first-order chi connectivity index (χ1) is 16.8. The molecule has 0 atom stereocenters. The summed E-state index contributed by atoms with van der Waals surface area (Å²) in [6.45, 7) is 19.2. The van der Waals surface area contributed by atoms with Crippen molar-refractivity contribution in [1.29, 1.82) is 0 Å². The predicted octanol–water partition coefficient (Wildman–Crippen LogP) is 6.92. The first-order valence-electron chi connectivity index (χ1n) is 12.3. The lowest BCUT2D eigenvalue weighted by Crippen LogP contribution is -2.52. The molecule has 1 aromatic carbocycles. The third-order valence-electron chi connectivity index (χ3n) is 4.16. The molecule has 0 fully saturated rings. The van der Waals surface area contributed by atoms with Crippen LogP contribution in [0.5, 0.6) is 0 Å². The second-order valence-corrected chi connectivity index (χ2v) is 11.8. The Morgan fingerprint density at radius 1 is 0.757 bits per heavy atom. The number of rotatable bonds is 4. The maximum Gasteiger partial charge on any atom is 0.437 e. The highest BCUT2D eigenvalue weighted by atomic mass is 16.6. The number of allylic oxidation sites excluding steroid dienone is 1. The standard InChI is InChI=1S/C28H43N3O6/c1-20(2)17-18-30(24(33)36-27(6,7)8)22(29-23(32)35-26(3,4)5)31(25(34)37-28(9,10)11)19-21-15-13-12-14-16-21/h12-17H,18-19H2,1-11H3/b29-22+. The van der Waals surface area contributed by atoms with Crippen LogP contribution in [0.4, 0.5) is 14.4 Å². The molecule has 0 heterocycles. The highest BCUT2D eigenvalue weighted by Gasteiger charge is 2.35. The van der Waals surface area contributed by atoms with E-state index in [0.717, 1.165) is 20.9 Å². The van der Waals surface area contributed by atoms with E-state index in [1.54, 1.807) is 68.4 Å². The molecular formula is C28H43N3O6. The predicted molar refractivity (Wildman–Crippen MR) is 144 cm³/mol. The zero-order valence-electron chi connectivity index (χ0n) is 24.2. The summed E-state index contributed by atoms with van der Waals surface area (Å²) >= 11 is 0. The minimum atomic E-state index is -0.963. The molecule has 0 N–H and O–H groups in total. The van der Waals surface area contributed by atoms with Crippen LogP contribution in [0.2, 0.25) is 0 Å². The van der Waals surface area contributed by atoms with Gasteiger partial charge < -0.3 is 14.2 Å². The molecule has 0 aliphatic heterocycles. The molecule has 3 amide bonds. The number of carbonyl (C=O) groups is 3. The van der Waals surface area contributed by atoms with Crippen molar-refractivity contribution < 1.29 is 28.6 Å². The van der Waals surface area contributed by atoms with Gasteiger partial charge in [-0.15, -0.1) is 4.99 Å². The average Bonchev–Trinajstić information content (AvgIpc) is 2.68. The summed E-state index contributed by atoms with van der Waals surface area (Å²) in [4.78, 5) is 46.2. The van der Waals surface area contributed by atoms with Crippen LogP contribution in [0.15, 0.2) is 47.0 Å². The van der Waals surface area contributed by atoms with E-state index < -0.39 is 35.1 Å². The molecule has 0 unspecified atom stereocenters. The van der Waals surface area contributed by atoms with E-state index in [2.05, 4.69) is 4.99 Å². The van der Waals surface area contributed by atoms with E-state index in [9.17, 15) is 14.4 Å². The Morgan fingerprint density at radius 3 is 1.65 bits per heavy atom. The second-order valence-electron chi connectivity index (χ2n) is 11.8. The fourth-order valence-corrected chi connectivity index (χ4v) is 2.76. The molecular weight excluding hydrogens is 474 g/mol. The summed E-state index contributed by atoms with van der Waals surface area (Å²) in [6.07, 6.45) is -0.766. The summed E-state index contributed by atoms with van der Waals surface area (Å²) in [6, 6.07) is 9.12. The number of ether oxygens (including phenoxy) is 3. The molecule has 0 aliphatic carbocycles. The van der Waals surface area contributed by atoms with Crippen molar-refractivity contribution in [3.05, 3.63) is 47.5 Å². The monoisotopic (exact) mass is 517 g/mol. The number of carbonyl (C=O) groups excluding carboxylic acids is 3. The summed E-state index contributed by atoms with van der Waals surface area (Å²) in [5, 5.41) is 0. The van der Waals surface area contributed by atoms with E-state index >= 15 is 0 Å². The largest absolute Gasteiger partial charge is 0.443 e. The molecule has 0 bridgehead atoms. The Hall–Kier alpha value is -3.36. The van der Waals surface area contributed by atoms with Crippen molar-refractivity contribution in [3.8, 4) is 0 Å². The van der Waals surface area contributed by atoms with E-state index in [1.165, 1.54) is 0 Å². The van der Waals surface area contributed by atoms with Crippen molar-refractivity contribution in [1.82, 2.24) is 9.80 Å². The number of guanidine groups is 1. The molecule has 0 spiro atoms. The third kappa shape index (κ3) is 13.0. The van der Waals surface area contributed by atoms with Gasteiger partial charge in [0.15, 0.2) is 0 Å². The van der Waals surface area contributed by atoms with Crippen LogP contribution < -0.4 is 0 Å². The molecule has 0 radical (unpaired) electrons. The minimum absolute atomic E-state index is 0.00698. The van der Waals surface area contributed by atoms with Crippen LogP contribution in [0, 0.1) is 0 Å². The summed E-state index contributed by atoms with van der Waals surface area (Å²) in [5.74, 6) is -0.265. The Bertz CT molecular complexity index is 991. The Morgan fingerprint density at radius 2 is 1.22 bits per heavy atom. The van der Waals surface area contributed by atoms with Gasteiger partial charge in [-0.3, -0.25) is 0 Å². The lowest BCUT2D eigenvalue weighted by molar-refractivity contribution is 0.0277. The van der Waals surface area contributed by atoms with Crippen LogP contribution in [-0.4, -0.2) is 57.4 Å². The maximum absolute atomic E-state index is 13.5. The molecule has 9 heteroatoms. The summed E-state index contributed by atoms with van der Waals surface area (Å²) in [5.41, 5.74) is -0.889. The molecule has 206 valence electrons. The van der Waals surface area contributed by atoms with Crippen LogP contribution in [0.1, 0.15) is 81.7 Å². The van der Waals surface area contributed by atoms with Gasteiger partial charge in [0.2, 0.25) is 5.96 Å². The first kappa shape index (κ1) is 31.7. The number of benzene rings is 1. The van der Waals surface area contributed by atoms with Gasteiger partial charge in [-0.1, -0.05) is 42.0 Å². The van der Waals surface area contributed by atoms with Gasteiger partial charge in [0.05, 0.1) is 13.1 Å². The van der Waals surface area contributed by atoms with Crippen LogP contribution in [0.25, 0.3) is 0 Å².